The van der Waals surface area contributed by atoms with Crippen molar-refractivity contribution in [1.82, 2.24) is 19.4 Å². The van der Waals surface area contributed by atoms with Gasteiger partial charge in [0.05, 0.1) is 35.7 Å². The van der Waals surface area contributed by atoms with E-state index in [0.29, 0.717) is 30.2 Å². The fraction of sp³-hybridized carbons (Fsp3) is 0.536. The normalized spacial score (nSPS) is 28.0. The van der Waals surface area contributed by atoms with Gasteiger partial charge in [-0.2, -0.15) is 11.8 Å². The van der Waals surface area contributed by atoms with Crippen LogP contribution in [0.5, 0.6) is 0 Å². The number of ether oxygens (including phenoxy) is 1. The van der Waals surface area contributed by atoms with Crippen LogP contribution in [0.2, 0.25) is 0 Å². The molecule has 8 rings (SSSR count). The molecule has 0 radical (unpaired) electrons. The lowest BCUT2D eigenvalue weighted by Gasteiger charge is -2.39. The fourth-order valence-electron chi connectivity index (χ4n) is 7.57. The molecule has 3 fully saturated rings. The second kappa shape index (κ2) is 8.02. The van der Waals surface area contributed by atoms with Crippen molar-refractivity contribution in [1.29, 1.82) is 0 Å². The zero-order valence-electron chi connectivity index (χ0n) is 21.3. The van der Waals surface area contributed by atoms with Crippen LogP contribution in [-0.4, -0.2) is 67.9 Å². The molecule has 0 saturated carbocycles. The molecule has 1 amide bonds. The first kappa shape index (κ1) is 23.0. The van der Waals surface area contributed by atoms with Crippen LogP contribution in [0.3, 0.4) is 0 Å². The Morgan fingerprint density at radius 3 is 2.87 bits per heavy atom. The molecule has 4 aliphatic heterocycles. The van der Waals surface area contributed by atoms with Gasteiger partial charge in [0.25, 0.3) is 5.56 Å². The van der Waals surface area contributed by atoms with Crippen molar-refractivity contribution >= 4 is 40.5 Å². The number of fused-ring (bicyclic) bond motifs is 6. The van der Waals surface area contributed by atoms with Crippen LogP contribution in [0, 0.1) is 12.8 Å². The number of aromatic nitrogens is 3. The molecule has 1 N–H and O–H groups in total. The predicted molar refractivity (Wildman–Crippen MR) is 143 cm³/mol. The number of pyridine rings is 1. The molecular weight excluding hydrogens is 502 g/mol. The third-order valence-electron chi connectivity index (χ3n) is 9.42. The number of hydrogen-bond donors (Lipinski definition) is 1. The van der Waals surface area contributed by atoms with Gasteiger partial charge >= 0.3 is 0 Å². The minimum atomic E-state index is -0.383. The van der Waals surface area contributed by atoms with Crippen molar-refractivity contribution in [2.45, 2.75) is 63.1 Å². The van der Waals surface area contributed by atoms with Gasteiger partial charge in [-0.3, -0.25) is 19.0 Å². The third-order valence-corrected chi connectivity index (χ3v) is 10.9. The molecule has 0 aromatic carbocycles. The lowest BCUT2D eigenvalue weighted by molar-refractivity contribution is -0.140. The molecule has 2 aromatic heterocycles. The maximum atomic E-state index is 13.7. The number of rotatable bonds is 3. The van der Waals surface area contributed by atoms with E-state index in [1.54, 1.807) is 28.7 Å². The molecule has 1 spiro atoms. The summed E-state index contributed by atoms with van der Waals surface area (Å²) in [5, 5.41) is 3.35. The summed E-state index contributed by atoms with van der Waals surface area (Å²) in [6.45, 7) is 3.30. The first-order chi connectivity index (χ1) is 18.4. The molecule has 0 unspecified atom stereocenters. The summed E-state index contributed by atoms with van der Waals surface area (Å²) in [6, 6.07) is 2.03. The first-order valence-corrected chi connectivity index (χ1v) is 14.7. The number of aryl methyl sites for hydroxylation is 1. The van der Waals surface area contributed by atoms with Crippen LogP contribution in [-0.2, 0) is 21.5 Å². The van der Waals surface area contributed by atoms with E-state index in [2.05, 4.69) is 20.2 Å². The molecule has 6 heterocycles. The Morgan fingerprint density at radius 2 is 2.13 bits per heavy atom. The van der Waals surface area contributed by atoms with Crippen LogP contribution in [0.1, 0.15) is 59.4 Å². The Morgan fingerprint density at radius 1 is 1.26 bits per heavy atom. The Labute approximate surface area is 224 Å². The molecule has 3 saturated heterocycles. The number of carbonyl (C=O) groups is 2. The fourth-order valence-corrected chi connectivity index (χ4v) is 8.71. The quantitative estimate of drug-likeness (QED) is 0.645. The molecule has 38 heavy (non-hydrogen) atoms. The number of carbonyl (C=O) groups excluding carboxylic acids is 2. The summed E-state index contributed by atoms with van der Waals surface area (Å²) in [4.78, 5) is 51.0. The van der Waals surface area contributed by atoms with E-state index < -0.39 is 0 Å². The van der Waals surface area contributed by atoms with Gasteiger partial charge in [-0.05, 0) is 49.8 Å². The van der Waals surface area contributed by atoms with E-state index in [-0.39, 0.29) is 40.9 Å². The highest BCUT2D eigenvalue weighted by Crippen LogP contribution is 2.47. The van der Waals surface area contributed by atoms with Crippen LogP contribution in [0.15, 0.2) is 22.8 Å². The molecule has 2 bridgehead atoms. The van der Waals surface area contributed by atoms with Gasteiger partial charge in [-0.15, -0.1) is 0 Å². The van der Waals surface area contributed by atoms with Gasteiger partial charge in [-0.25, -0.2) is 9.97 Å². The molecule has 2 aliphatic carbocycles. The lowest BCUT2D eigenvalue weighted by Crippen LogP contribution is -2.49. The zero-order chi connectivity index (χ0) is 25.8. The van der Waals surface area contributed by atoms with E-state index >= 15 is 0 Å². The molecule has 6 aliphatic rings. The zero-order valence-corrected chi connectivity index (χ0v) is 22.1. The summed E-state index contributed by atoms with van der Waals surface area (Å²) >= 11 is 1.77. The van der Waals surface area contributed by atoms with E-state index in [9.17, 15) is 14.4 Å². The SMILES string of the molecule is Cc1cc(Nc2ncnc3c2C2=C(C3)C[C@@H](C(=O)N3C[C@H]4C[C@@H]3CO4)CC2)c(=O)n2c1C(=O)CC21CSC1. The van der Waals surface area contributed by atoms with Crippen molar-refractivity contribution in [3.63, 3.8) is 0 Å². The van der Waals surface area contributed by atoms with E-state index in [1.807, 2.05) is 6.92 Å². The van der Waals surface area contributed by atoms with Crippen LogP contribution in [0.4, 0.5) is 11.5 Å². The predicted octanol–water partition coefficient (Wildman–Crippen LogP) is 2.83. The standard InChI is InChI=1S/C28H29N5O4S/c1-14-4-21(27(36)33-24(14)22(34)8-28(33)11-38-12-28)31-25-23-19-3-2-15(5-16(19)6-20(23)29-13-30-25)26(35)32-9-18-7-17(32)10-37-18/h4,13,15,17-18H,2-3,5-12H2,1H3,(H,29,30,31)/t15-,17+,18+/m0/s1. The highest BCUT2D eigenvalue weighted by Gasteiger charge is 2.50. The topological polar surface area (TPSA) is 106 Å². The summed E-state index contributed by atoms with van der Waals surface area (Å²) in [7, 11) is 0. The average molecular weight is 532 g/mol. The number of allylic oxidation sites excluding steroid dienone is 2. The number of morpholine rings is 1. The van der Waals surface area contributed by atoms with Crippen LogP contribution >= 0.6 is 11.8 Å². The molecule has 3 atom stereocenters. The number of anilines is 2. The summed E-state index contributed by atoms with van der Waals surface area (Å²) < 4.78 is 7.45. The molecule has 9 nitrogen and oxygen atoms in total. The first-order valence-electron chi connectivity index (χ1n) is 13.5. The number of thioether (sulfide) groups is 1. The van der Waals surface area contributed by atoms with Crippen LogP contribution in [0.25, 0.3) is 5.57 Å². The third kappa shape index (κ3) is 3.13. The number of amides is 1. The van der Waals surface area contributed by atoms with Gasteiger partial charge < -0.3 is 15.0 Å². The smallest absolute Gasteiger partial charge is 0.275 e. The van der Waals surface area contributed by atoms with Crippen molar-refractivity contribution < 1.29 is 14.3 Å². The number of hydrogen-bond acceptors (Lipinski definition) is 8. The maximum Gasteiger partial charge on any atom is 0.275 e. The van der Waals surface area contributed by atoms with Gasteiger partial charge in [-0.1, -0.05) is 5.57 Å². The lowest BCUT2D eigenvalue weighted by atomic mass is 9.83. The molecule has 196 valence electrons. The highest BCUT2D eigenvalue weighted by molar-refractivity contribution is 8.00. The Kier molecular flexibility index (Phi) is 4.84. The highest BCUT2D eigenvalue weighted by atomic mass is 32.2. The Hall–Kier alpha value is -2.98. The van der Waals surface area contributed by atoms with Crippen molar-refractivity contribution in [3.8, 4) is 0 Å². The number of Topliss-reactive ketones (excluding diaryl/α,β-unsaturated/α-hetero) is 1. The van der Waals surface area contributed by atoms with E-state index in [1.165, 1.54) is 11.1 Å². The van der Waals surface area contributed by atoms with Crippen LogP contribution < -0.4 is 10.9 Å². The number of nitrogens with one attached hydrogen (secondary N) is 1. The number of likely N-dealkylation sites (tertiary alicyclic amines) is 1. The molecular formula is C28H29N5O4S. The van der Waals surface area contributed by atoms with Crippen molar-refractivity contribution in [3.05, 3.63) is 50.8 Å². The van der Waals surface area contributed by atoms with Crippen molar-refractivity contribution in [2.75, 3.05) is 30.0 Å². The number of nitrogens with zero attached hydrogens (tertiary/aromatic N) is 4. The second-order valence-corrected chi connectivity index (χ2v) is 12.7. The monoisotopic (exact) mass is 531 g/mol. The van der Waals surface area contributed by atoms with Gasteiger partial charge in [0.2, 0.25) is 5.91 Å². The summed E-state index contributed by atoms with van der Waals surface area (Å²) in [5.41, 5.74) is 5.70. The summed E-state index contributed by atoms with van der Waals surface area (Å²) in [5.74, 6) is 2.55. The minimum Gasteiger partial charge on any atom is -0.374 e. The van der Waals surface area contributed by atoms with Gasteiger partial charge in [0, 0.05) is 42.4 Å². The van der Waals surface area contributed by atoms with Gasteiger partial charge in [0.1, 0.15) is 17.8 Å². The minimum absolute atomic E-state index is 0.00450. The molecule has 2 aromatic rings. The largest absolute Gasteiger partial charge is 0.374 e. The van der Waals surface area contributed by atoms with E-state index in [0.717, 1.165) is 67.0 Å². The molecule has 10 heteroatoms. The second-order valence-electron chi connectivity index (χ2n) is 11.8. The summed E-state index contributed by atoms with van der Waals surface area (Å²) in [6.07, 6.45) is 6.22. The maximum absolute atomic E-state index is 13.7. The van der Waals surface area contributed by atoms with Gasteiger partial charge in [0.15, 0.2) is 5.78 Å². The number of ketones is 1. The Bertz CT molecular complexity index is 1530. The average Bonchev–Trinajstić information content (AvgIpc) is 3.66. The Balaban J connectivity index is 1.10. The van der Waals surface area contributed by atoms with E-state index in [4.69, 9.17) is 4.74 Å². The van der Waals surface area contributed by atoms with Crippen molar-refractivity contribution in [2.24, 2.45) is 5.92 Å².